The number of carbonyl (C=O) groups excluding carboxylic acids is 1. The van der Waals surface area contributed by atoms with Crippen molar-refractivity contribution in [3.63, 3.8) is 0 Å². The summed E-state index contributed by atoms with van der Waals surface area (Å²) in [6, 6.07) is 0. The van der Waals surface area contributed by atoms with E-state index in [2.05, 4.69) is 0 Å². The van der Waals surface area contributed by atoms with Gasteiger partial charge in [-0.3, -0.25) is 0 Å². The van der Waals surface area contributed by atoms with Crippen LogP contribution in [0.2, 0.25) is 0 Å². The number of hydrogen-bond acceptors (Lipinski definition) is 3. The minimum atomic E-state index is -0.933. The van der Waals surface area contributed by atoms with Crippen LogP contribution in [0.1, 0.15) is 25.7 Å². The monoisotopic (exact) mass is 198 g/mol. The second-order valence-corrected chi connectivity index (χ2v) is 3.88. The molecule has 58 valence electrons. The Hall–Kier alpha value is 1.46. The molecule has 1 fully saturated rings. The average molecular weight is 198 g/mol. The van der Waals surface area contributed by atoms with Crippen molar-refractivity contribution in [2.45, 2.75) is 30.9 Å². The van der Waals surface area contributed by atoms with Crippen molar-refractivity contribution in [2.24, 2.45) is 0 Å². The summed E-state index contributed by atoms with van der Waals surface area (Å²) in [5.41, 5.74) is 0. The van der Waals surface area contributed by atoms with E-state index in [1.807, 2.05) is 0 Å². The van der Waals surface area contributed by atoms with Gasteiger partial charge in [0.05, 0.1) is 5.97 Å². The minimum absolute atomic E-state index is 0. The van der Waals surface area contributed by atoms with Crippen LogP contribution in [0.25, 0.3) is 0 Å². The van der Waals surface area contributed by atoms with E-state index in [-0.39, 0.29) is 57.1 Å². The zero-order valence-electron chi connectivity index (χ0n) is 6.84. The van der Waals surface area contributed by atoms with Crippen LogP contribution in [0.4, 0.5) is 0 Å². The van der Waals surface area contributed by atoms with E-state index in [1.54, 1.807) is 0 Å². The van der Waals surface area contributed by atoms with Gasteiger partial charge in [-0.1, -0.05) is 12.8 Å². The third-order valence-corrected chi connectivity index (χ3v) is 3.08. The molecule has 1 aliphatic carbocycles. The third-order valence-electron chi connectivity index (χ3n) is 1.74. The molecule has 0 unspecified atom stereocenters. The zero-order valence-corrected chi connectivity index (χ0v) is 10.8. The van der Waals surface area contributed by atoms with E-state index < -0.39 is 5.97 Å². The molecular weight excluding hydrogens is 187 g/mol. The fourth-order valence-corrected chi connectivity index (χ4v) is 2.28. The Kier molecular flexibility index (Phi) is 7.83. The number of carbonyl (C=O) groups is 1. The Labute approximate surface area is 114 Å². The molecule has 0 radical (unpaired) electrons. The van der Waals surface area contributed by atoms with E-state index in [1.165, 1.54) is 37.4 Å². The first-order valence-corrected chi connectivity index (χ1v) is 4.65. The van der Waals surface area contributed by atoms with E-state index in [4.69, 9.17) is 0 Å². The van der Waals surface area contributed by atoms with Crippen LogP contribution < -0.4 is 56.5 Å². The third kappa shape index (κ3) is 5.66. The second kappa shape index (κ2) is 6.92. The summed E-state index contributed by atoms with van der Waals surface area (Å²) in [4.78, 5) is 10.0. The molecule has 0 saturated heterocycles. The molecule has 0 aromatic rings. The normalized spacial score (nSPS) is 17.8. The Bertz CT molecular complexity index is 124. The Morgan fingerprint density at radius 3 is 2.45 bits per heavy atom. The molecule has 1 rings (SSSR count). The summed E-state index contributed by atoms with van der Waals surface area (Å²) in [6.07, 6.45) is 4.92. The minimum Gasteiger partial charge on any atom is -0.549 e. The fourth-order valence-electron chi connectivity index (χ4n) is 1.24. The van der Waals surface area contributed by atoms with Gasteiger partial charge in [0, 0.05) is 11.0 Å². The summed E-state index contributed by atoms with van der Waals surface area (Å²) in [5.74, 6) is -0.762. The van der Waals surface area contributed by atoms with Gasteiger partial charge in [-0.15, -0.1) is 0 Å². The number of thioether (sulfide) groups is 1. The molecule has 1 aliphatic rings. The largest absolute Gasteiger partial charge is 1.00 e. The van der Waals surface area contributed by atoms with Gasteiger partial charge in [-0.2, -0.15) is 11.8 Å². The fraction of sp³-hybridized carbons (Fsp3) is 0.857. The molecule has 0 spiro atoms. The van der Waals surface area contributed by atoms with E-state index in [0.29, 0.717) is 5.25 Å². The molecular formula is C7H11KO2S. The summed E-state index contributed by atoms with van der Waals surface area (Å²) in [7, 11) is 0. The standard InChI is InChI=1S/C7H12O2S.K/c8-7(9)5-10-6-3-1-2-4-6;/h6H,1-5H2,(H,8,9);/q;+1/p-1. The van der Waals surface area contributed by atoms with Crippen LogP contribution in [0.5, 0.6) is 0 Å². The smallest absolute Gasteiger partial charge is 0.549 e. The molecule has 0 atom stereocenters. The molecule has 1 saturated carbocycles. The maximum Gasteiger partial charge on any atom is 1.00 e. The van der Waals surface area contributed by atoms with Gasteiger partial charge in [0.1, 0.15) is 0 Å². The van der Waals surface area contributed by atoms with Gasteiger partial charge in [-0.05, 0) is 12.8 Å². The maximum atomic E-state index is 10.0. The Morgan fingerprint density at radius 2 is 2.00 bits per heavy atom. The van der Waals surface area contributed by atoms with Gasteiger partial charge in [0.2, 0.25) is 0 Å². The molecule has 11 heavy (non-hydrogen) atoms. The molecule has 0 heterocycles. The molecule has 0 N–H and O–H groups in total. The summed E-state index contributed by atoms with van der Waals surface area (Å²) in [6.45, 7) is 0. The SMILES string of the molecule is O=C([O-])CSC1CCCC1.[K+]. The van der Waals surface area contributed by atoms with Gasteiger partial charge < -0.3 is 9.90 Å². The van der Waals surface area contributed by atoms with Crippen LogP contribution >= 0.6 is 11.8 Å². The van der Waals surface area contributed by atoms with Crippen molar-refractivity contribution < 1.29 is 61.3 Å². The van der Waals surface area contributed by atoms with E-state index in [0.717, 1.165) is 0 Å². The van der Waals surface area contributed by atoms with Gasteiger partial charge >= 0.3 is 51.4 Å². The summed E-state index contributed by atoms with van der Waals surface area (Å²) < 4.78 is 0. The van der Waals surface area contributed by atoms with Crippen LogP contribution in [-0.4, -0.2) is 17.0 Å². The first-order chi connectivity index (χ1) is 4.79. The summed E-state index contributed by atoms with van der Waals surface area (Å²) in [5, 5.41) is 10.6. The summed E-state index contributed by atoms with van der Waals surface area (Å²) >= 11 is 1.53. The van der Waals surface area contributed by atoms with Crippen molar-refractivity contribution >= 4 is 17.7 Å². The number of carboxylic acid groups (broad SMARTS) is 1. The quantitative estimate of drug-likeness (QED) is 0.468. The zero-order chi connectivity index (χ0) is 7.40. The maximum absolute atomic E-state index is 10.0. The first-order valence-electron chi connectivity index (χ1n) is 3.60. The molecule has 2 nitrogen and oxygen atoms in total. The van der Waals surface area contributed by atoms with Gasteiger partial charge in [0.25, 0.3) is 0 Å². The Balaban J connectivity index is 0.000001000. The van der Waals surface area contributed by atoms with Gasteiger partial charge in [0.15, 0.2) is 0 Å². The predicted molar refractivity (Wildman–Crippen MR) is 39.7 cm³/mol. The molecule has 0 bridgehead atoms. The average Bonchev–Trinajstić information content (AvgIpc) is 2.34. The number of hydrogen-bond donors (Lipinski definition) is 0. The molecule has 0 aromatic heterocycles. The van der Waals surface area contributed by atoms with E-state index >= 15 is 0 Å². The number of carboxylic acids is 1. The molecule has 0 aliphatic heterocycles. The van der Waals surface area contributed by atoms with Crippen molar-refractivity contribution in [2.75, 3.05) is 5.75 Å². The predicted octanol–water partition coefficient (Wildman–Crippen LogP) is -2.58. The number of rotatable bonds is 3. The van der Waals surface area contributed by atoms with Crippen molar-refractivity contribution in [3.8, 4) is 0 Å². The van der Waals surface area contributed by atoms with Crippen molar-refractivity contribution in [1.82, 2.24) is 0 Å². The van der Waals surface area contributed by atoms with Crippen LogP contribution in [0, 0.1) is 0 Å². The number of aliphatic carboxylic acids is 1. The van der Waals surface area contributed by atoms with Crippen molar-refractivity contribution in [1.29, 1.82) is 0 Å². The van der Waals surface area contributed by atoms with Crippen LogP contribution in [0.15, 0.2) is 0 Å². The van der Waals surface area contributed by atoms with Gasteiger partial charge in [-0.25, -0.2) is 0 Å². The molecule has 4 heteroatoms. The topological polar surface area (TPSA) is 40.1 Å². The first kappa shape index (κ1) is 12.5. The Morgan fingerprint density at radius 1 is 1.45 bits per heavy atom. The van der Waals surface area contributed by atoms with Crippen LogP contribution in [0.3, 0.4) is 0 Å². The second-order valence-electron chi connectivity index (χ2n) is 2.59. The molecule has 0 amide bonds. The van der Waals surface area contributed by atoms with E-state index in [9.17, 15) is 9.90 Å². The van der Waals surface area contributed by atoms with Crippen molar-refractivity contribution in [3.05, 3.63) is 0 Å². The van der Waals surface area contributed by atoms with Crippen LogP contribution in [-0.2, 0) is 4.79 Å². The molecule has 0 aromatic carbocycles.